The Morgan fingerprint density at radius 1 is 1.48 bits per heavy atom. The molecular formula is C13H17N5O4S. The predicted octanol–water partition coefficient (Wildman–Crippen LogP) is -1.18. The van der Waals surface area contributed by atoms with Crippen LogP contribution in [0, 0.1) is 0 Å². The van der Waals surface area contributed by atoms with Crippen molar-refractivity contribution in [3.63, 3.8) is 0 Å². The lowest BCUT2D eigenvalue weighted by Crippen LogP contribution is -2.48. The summed E-state index contributed by atoms with van der Waals surface area (Å²) >= 11 is 0. The molecule has 0 aromatic carbocycles. The summed E-state index contributed by atoms with van der Waals surface area (Å²) in [6.07, 6.45) is 3.07. The van der Waals surface area contributed by atoms with E-state index in [0.717, 1.165) is 0 Å². The lowest BCUT2D eigenvalue weighted by atomic mass is 10.0. The second kappa shape index (κ2) is 5.15. The fraction of sp³-hybridized carbons (Fsp3) is 0.538. The van der Waals surface area contributed by atoms with Gasteiger partial charge in [-0.05, 0) is 13.3 Å². The van der Waals surface area contributed by atoms with Crippen molar-refractivity contribution >= 4 is 26.8 Å². The molecule has 3 heterocycles. The number of nitrogens with one attached hydrogen (secondary N) is 1. The smallest absolute Gasteiger partial charge is 0.264 e. The Morgan fingerprint density at radius 2 is 2.22 bits per heavy atom. The Balaban J connectivity index is 1.79. The molecule has 9 nitrogen and oxygen atoms in total. The third kappa shape index (κ3) is 2.98. The Morgan fingerprint density at radius 3 is 2.87 bits per heavy atom. The predicted molar refractivity (Wildman–Crippen MR) is 82.6 cm³/mol. The van der Waals surface area contributed by atoms with E-state index in [1.54, 1.807) is 14.0 Å². The summed E-state index contributed by atoms with van der Waals surface area (Å²) in [5.74, 6) is -0.440. The van der Waals surface area contributed by atoms with Gasteiger partial charge in [0.05, 0.1) is 23.2 Å². The van der Waals surface area contributed by atoms with Crippen LogP contribution in [0.5, 0.6) is 0 Å². The SMILES string of the molecule is Cn1ncc2c(=O)n(CC(=O)N[C@]3(C)CCS(=O)(=O)C3)cnc21. The molecule has 1 N–H and O–H groups in total. The summed E-state index contributed by atoms with van der Waals surface area (Å²) in [6.45, 7) is 1.48. The van der Waals surface area contributed by atoms with Gasteiger partial charge in [0.1, 0.15) is 18.3 Å². The first-order valence-electron chi connectivity index (χ1n) is 7.08. The second-order valence-electron chi connectivity index (χ2n) is 6.13. The summed E-state index contributed by atoms with van der Waals surface area (Å²) in [4.78, 5) is 28.6. The maximum atomic E-state index is 12.3. The summed E-state index contributed by atoms with van der Waals surface area (Å²) < 4.78 is 25.8. The number of carbonyl (C=O) groups excluding carboxylic acids is 1. The molecule has 2 aromatic heterocycles. The van der Waals surface area contributed by atoms with Crippen LogP contribution in [-0.4, -0.2) is 50.7 Å². The Labute approximate surface area is 132 Å². The quantitative estimate of drug-likeness (QED) is 0.753. The zero-order valence-corrected chi connectivity index (χ0v) is 13.6. The van der Waals surface area contributed by atoms with Crippen molar-refractivity contribution in [2.75, 3.05) is 11.5 Å². The van der Waals surface area contributed by atoms with Crippen molar-refractivity contribution in [1.82, 2.24) is 24.6 Å². The fourth-order valence-corrected chi connectivity index (χ4v) is 4.91. The number of amides is 1. The number of carbonyl (C=O) groups is 1. The van der Waals surface area contributed by atoms with Gasteiger partial charge in [0.15, 0.2) is 15.5 Å². The van der Waals surface area contributed by atoms with E-state index in [9.17, 15) is 18.0 Å². The lowest BCUT2D eigenvalue weighted by Gasteiger charge is -2.24. The molecule has 1 saturated heterocycles. The molecule has 2 aromatic rings. The summed E-state index contributed by atoms with van der Waals surface area (Å²) in [6, 6.07) is 0. The van der Waals surface area contributed by atoms with Gasteiger partial charge in [0.25, 0.3) is 5.56 Å². The molecule has 1 aliphatic heterocycles. The van der Waals surface area contributed by atoms with Crippen molar-refractivity contribution in [3.8, 4) is 0 Å². The molecule has 1 aliphatic rings. The highest BCUT2D eigenvalue weighted by Crippen LogP contribution is 2.22. The van der Waals surface area contributed by atoms with E-state index >= 15 is 0 Å². The minimum absolute atomic E-state index is 0.0624. The summed E-state index contributed by atoms with van der Waals surface area (Å²) in [5, 5.41) is 7.00. The normalized spacial score (nSPS) is 23.2. The number of aromatic nitrogens is 4. The number of aryl methyl sites for hydroxylation is 1. The van der Waals surface area contributed by atoms with Gasteiger partial charge in [-0.15, -0.1) is 0 Å². The number of fused-ring (bicyclic) bond motifs is 1. The standard InChI is InChI=1S/C13H17N5O4S/c1-13(3-4-23(21,22)7-13)16-10(19)6-18-8-14-11-9(12(18)20)5-15-17(11)2/h5,8H,3-4,6-7H2,1-2H3,(H,16,19)/t13-/m1/s1. The minimum atomic E-state index is -3.11. The highest BCUT2D eigenvalue weighted by atomic mass is 32.2. The van der Waals surface area contributed by atoms with Crippen LogP contribution in [0.3, 0.4) is 0 Å². The third-order valence-corrected chi connectivity index (χ3v) is 5.88. The molecule has 0 spiro atoms. The number of nitrogens with zero attached hydrogens (tertiary/aromatic N) is 4. The molecule has 1 fully saturated rings. The molecule has 0 aliphatic carbocycles. The molecule has 0 unspecified atom stereocenters. The van der Waals surface area contributed by atoms with Crippen molar-refractivity contribution in [2.45, 2.75) is 25.4 Å². The van der Waals surface area contributed by atoms with Crippen LogP contribution in [0.4, 0.5) is 0 Å². The van der Waals surface area contributed by atoms with Crippen LogP contribution < -0.4 is 10.9 Å². The van der Waals surface area contributed by atoms with Gasteiger partial charge in [0.2, 0.25) is 5.91 Å². The molecule has 10 heteroatoms. The molecule has 1 amide bonds. The van der Waals surface area contributed by atoms with E-state index in [4.69, 9.17) is 0 Å². The molecule has 3 rings (SSSR count). The topological polar surface area (TPSA) is 116 Å². The first kappa shape index (κ1) is 15.7. The van der Waals surface area contributed by atoms with Crippen molar-refractivity contribution in [1.29, 1.82) is 0 Å². The van der Waals surface area contributed by atoms with Gasteiger partial charge >= 0.3 is 0 Å². The first-order valence-corrected chi connectivity index (χ1v) is 8.90. The Kier molecular flexibility index (Phi) is 3.51. The molecule has 1 atom stereocenters. The van der Waals surface area contributed by atoms with Crippen LogP contribution in [0.25, 0.3) is 11.0 Å². The fourth-order valence-electron chi connectivity index (χ4n) is 2.82. The zero-order chi connectivity index (χ0) is 16.8. The van der Waals surface area contributed by atoms with E-state index < -0.39 is 21.3 Å². The van der Waals surface area contributed by atoms with Crippen molar-refractivity contribution in [2.24, 2.45) is 7.05 Å². The third-order valence-electron chi connectivity index (χ3n) is 3.98. The number of hydrogen-bond donors (Lipinski definition) is 1. The highest BCUT2D eigenvalue weighted by Gasteiger charge is 2.39. The van der Waals surface area contributed by atoms with E-state index in [1.807, 2.05) is 0 Å². The van der Waals surface area contributed by atoms with Gasteiger partial charge in [-0.1, -0.05) is 0 Å². The van der Waals surface area contributed by atoms with Crippen LogP contribution in [0.2, 0.25) is 0 Å². The van der Waals surface area contributed by atoms with Crippen molar-refractivity contribution < 1.29 is 13.2 Å². The second-order valence-corrected chi connectivity index (χ2v) is 8.32. The van der Waals surface area contributed by atoms with Crippen LogP contribution >= 0.6 is 0 Å². The molecule has 0 radical (unpaired) electrons. The van der Waals surface area contributed by atoms with E-state index in [0.29, 0.717) is 17.5 Å². The molecule has 23 heavy (non-hydrogen) atoms. The van der Waals surface area contributed by atoms with Gasteiger partial charge < -0.3 is 5.32 Å². The number of hydrogen-bond acceptors (Lipinski definition) is 6. The van der Waals surface area contributed by atoms with Gasteiger partial charge in [-0.25, -0.2) is 13.4 Å². The van der Waals surface area contributed by atoms with Crippen LogP contribution in [-0.2, 0) is 28.2 Å². The van der Waals surface area contributed by atoms with Crippen molar-refractivity contribution in [3.05, 3.63) is 22.9 Å². The zero-order valence-electron chi connectivity index (χ0n) is 12.8. The monoisotopic (exact) mass is 339 g/mol. The molecular weight excluding hydrogens is 322 g/mol. The van der Waals surface area contributed by atoms with Crippen LogP contribution in [0.1, 0.15) is 13.3 Å². The van der Waals surface area contributed by atoms with E-state index in [1.165, 1.54) is 21.8 Å². The van der Waals surface area contributed by atoms with E-state index in [2.05, 4.69) is 15.4 Å². The van der Waals surface area contributed by atoms with Gasteiger partial charge in [-0.3, -0.25) is 18.8 Å². The Bertz CT molecular complexity index is 945. The summed E-state index contributed by atoms with van der Waals surface area (Å²) in [5.41, 5.74) is -0.700. The maximum absolute atomic E-state index is 12.3. The highest BCUT2D eigenvalue weighted by molar-refractivity contribution is 7.91. The largest absolute Gasteiger partial charge is 0.348 e. The lowest BCUT2D eigenvalue weighted by molar-refractivity contribution is -0.123. The van der Waals surface area contributed by atoms with Gasteiger partial charge in [0, 0.05) is 7.05 Å². The number of sulfone groups is 1. The average Bonchev–Trinajstić information content (AvgIpc) is 2.94. The van der Waals surface area contributed by atoms with Crippen LogP contribution in [0.15, 0.2) is 17.3 Å². The molecule has 0 bridgehead atoms. The minimum Gasteiger partial charge on any atom is -0.348 e. The van der Waals surface area contributed by atoms with E-state index in [-0.39, 0.29) is 23.6 Å². The number of rotatable bonds is 3. The summed E-state index contributed by atoms with van der Waals surface area (Å²) in [7, 11) is -1.44. The molecule has 124 valence electrons. The molecule has 0 saturated carbocycles. The maximum Gasteiger partial charge on any atom is 0.264 e. The first-order chi connectivity index (χ1) is 10.7. The average molecular weight is 339 g/mol. The van der Waals surface area contributed by atoms with Gasteiger partial charge in [-0.2, -0.15) is 5.10 Å². The Hall–Kier alpha value is -2.23.